The van der Waals surface area contributed by atoms with Crippen molar-refractivity contribution in [3.8, 4) is 28.2 Å². The molecule has 6 heteroatoms. The highest BCUT2D eigenvalue weighted by molar-refractivity contribution is 5.93. The van der Waals surface area contributed by atoms with Crippen LogP contribution in [0.5, 0.6) is 5.75 Å². The lowest BCUT2D eigenvalue weighted by atomic mass is 9.97. The highest BCUT2D eigenvalue weighted by Crippen LogP contribution is 2.43. The van der Waals surface area contributed by atoms with E-state index in [0.717, 1.165) is 5.56 Å². The van der Waals surface area contributed by atoms with Gasteiger partial charge < -0.3 is 18.3 Å². The van der Waals surface area contributed by atoms with E-state index in [9.17, 15) is 9.59 Å². The summed E-state index contributed by atoms with van der Waals surface area (Å²) >= 11 is 0. The largest absolute Gasteiger partial charge is 0.460 e. The first-order valence-corrected chi connectivity index (χ1v) is 9.65. The van der Waals surface area contributed by atoms with Gasteiger partial charge in [-0.05, 0) is 43.7 Å². The first-order valence-electron chi connectivity index (χ1n) is 9.65. The zero-order valence-electron chi connectivity index (χ0n) is 16.4. The van der Waals surface area contributed by atoms with Crippen LogP contribution in [0.1, 0.15) is 24.3 Å². The Morgan fingerprint density at radius 2 is 1.77 bits per heavy atom. The topological polar surface area (TPSA) is 78.9 Å². The van der Waals surface area contributed by atoms with Crippen molar-refractivity contribution in [2.45, 2.75) is 20.1 Å². The van der Waals surface area contributed by atoms with E-state index in [-0.39, 0.29) is 5.56 Å². The molecule has 0 saturated heterocycles. The van der Waals surface area contributed by atoms with E-state index in [2.05, 4.69) is 0 Å². The van der Waals surface area contributed by atoms with Crippen LogP contribution in [0.4, 0.5) is 0 Å². The average Bonchev–Trinajstić information content (AvgIpc) is 2.73. The standard InChI is InChI=1S/C24H18O6/c1-3-27-24-18-11-17(16-12-21(25)28-20-10-13(2)8-9-14(16)20)23(26)30-22(18)15-6-4-5-7-19(15)29-24/h4-12,24H,3H2,1-2H3/t24-/m0/s1. The van der Waals surface area contributed by atoms with Crippen LogP contribution in [0.25, 0.3) is 33.4 Å². The molecule has 0 bridgehead atoms. The molecule has 1 atom stereocenters. The summed E-state index contributed by atoms with van der Waals surface area (Å²) in [6.07, 6.45) is -0.725. The average molecular weight is 402 g/mol. The molecule has 4 aromatic rings. The third-order valence-corrected chi connectivity index (χ3v) is 5.10. The lowest BCUT2D eigenvalue weighted by Crippen LogP contribution is -2.20. The van der Waals surface area contributed by atoms with Gasteiger partial charge in [0.2, 0.25) is 6.29 Å². The van der Waals surface area contributed by atoms with Crippen LogP contribution < -0.4 is 16.0 Å². The minimum Gasteiger partial charge on any atom is -0.460 e. The number of hydrogen-bond donors (Lipinski definition) is 0. The number of hydrogen-bond acceptors (Lipinski definition) is 6. The van der Waals surface area contributed by atoms with Crippen molar-refractivity contribution in [2.75, 3.05) is 6.61 Å². The molecule has 0 amide bonds. The Balaban J connectivity index is 1.79. The second kappa shape index (κ2) is 7.00. The van der Waals surface area contributed by atoms with E-state index in [4.69, 9.17) is 18.3 Å². The van der Waals surface area contributed by atoms with Gasteiger partial charge in [-0.2, -0.15) is 0 Å². The monoisotopic (exact) mass is 402 g/mol. The van der Waals surface area contributed by atoms with Gasteiger partial charge in [0.05, 0.1) is 16.7 Å². The van der Waals surface area contributed by atoms with Gasteiger partial charge in [0, 0.05) is 23.6 Å². The summed E-state index contributed by atoms with van der Waals surface area (Å²) in [5.41, 5.74) is 2.25. The first kappa shape index (κ1) is 18.4. The van der Waals surface area contributed by atoms with Gasteiger partial charge in [-0.15, -0.1) is 0 Å². The number of fused-ring (bicyclic) bond motifs is 4. The van der Waals surface area contributed by atoms with Crippen molar-refractivity contribution in [2.24, 2.45) is 0 Å². The summed E-state index contributed by atoms with van der Waals surface area (Å²) in [6.45, 7) is 4.18. The SMILES string of the molecule is CCO[C@H]1Oc2ccccc2-c2oc(=O)c(-c3cc(=O)oc4cc(C)ccc34)cc21. The van der Waals surface area contributed by atoms with Gasteiger partial charge in [-0.25, -0.2) is 9.59 Å². The van der Waals surface area contributed by atoms with Gasteiger partial charge in [0.1, 0.15) is 11.3 Å². The van der Waals surface area contributed by atoms with Crippen molar-refractivity contribution >= 4 is 11.0 Å². The molecular weight excluding hydrogens is 384 g/mol. The van der Waals surface area contributed by atoms with Gasteiger partial charge in [-0.1, -0.05) is 24.3 Å². The summed E-state index contributed by atoms with van der Waals surface area (Å²) in [7, 11) is 0. The van der Waals surface area contributed by atoms with Gasteiger partial charge >= 0.3 is 11.3 Å². The summed E-state index contributed by atoms with van der Waals surface area (Å²) in [5.74, 6) is 0.993. The summed E-state index contributed by atoms with van der Waals surface area (Å²) in [5, 5.41) is 0.650. The van der Waals surface area contributed by atoms with Gasteiger partial charge in [0.15, 0.2) is 5.76 Å². The number of ether oxygens (including phenoxy) is 2. The summed E-state index contributed by atoms with van der Waals surface area (Å²) in [6, 6.07) is 15.8. The molecule has 3 heterocycles. The van der Waals surface area contributed by atoms with Crippen LogP contribution in [0, 0.1) is 6.92 Å². The molecule has 0 fully saturated rings. The van der Waals surface area contributed by atoms with Crippen LogP contribution in [0.2, 0.25) is 0 Å². The van der Waals surface area contributed by atoms with E-state index in [1.165, 1.54) is 6.07 Å². The van der Waals surface area contributed by atoms with Crippen molar-refractivity contribution in [1.29, 1.82) is 0 Å². The normalized spacial score (nSPS) is 14.8. The molecule has 0 spiro atoms. The van der Waals surface area contributed by atoms with E-state index in [1.807, 2.05) is 44.2 Å². The molecule has 0 N–H and O–H groups in total. The Bertz CT molecular complexity index is 1400. The van der Waals surface area contributed by atoms with Crippen LogP contribution in [-0.2, 0) is 4.74 Å². The number of benzene rings is 2. The molecule has 1 aliphatic rings. The maximum Gasteiger partial charge on any atom is 0.344 e. The minimum atomic E-state index is -0.725. The molecule has 0 radical (unpaired) electrons. The minimum absolute atomic E-state index is 0.253. The van der Waals surface area contributed by atoms with Crippen LogP contribution in [0.3, 0.4) is 0 Å². The van der Waals surface area contributed by atoms with E-state index < -0.39 is 17.5 Å². The fourth-order valence-corrected chi connectivity index (χ4v) is 3.76. The van der Waals surface area contributed by atoms with Crippen molar-refractivity contribution in [1.82, 2.24) is 0 Å². The molecule has 0 saturated carbocycles. The van der Waals surface area contributed by atoms with Crippen LogP contribution in [0.15, 0.2) is 73.0 Å². The molecule has 30 heavy (non-hydrogen) atoms. The maximum atomic E-state index is 13.0. The number of aryl methyl sites for hydroxylation is 1. The highest BCUT2D eigenvalue weighted by Gasteiger charge is 2.30. The fourth-order valence-electron chi connectivity index (χ4n) is 3.76. The smallest absolute Gasteiger partial charge is 0.344 e. The quantitative estimate of drug-likeness (QED) is 0.457. The number of para-hydroxylation sites is 1. The van der Waals surface area contributed by atoms with Gasteiger partial charge in [-0.3, -0.25) is 0 Å². The van der Waals surface area contributed by atoms with Crippen LogP contribution in [-0.4, -0.2) is 6.61 Å². The Labute approximate surface area is 171 Å². The Hall–Kier alpha value is -3.64. The Kier molecular flexibility index (Phi) is 4.29. The second-order valence-corrected chi connectivity index (χ2v) is 7.11. The van der Waals surface area contributed by atoms with Crippen LogP contribution >= 0.6 is 0 Å². The molecule has 2 aromatic carbocycles. The molecule has 150 valence electrons. The van der Waals surface area contributed by atoms with E-state index >= 15 is 0 Å². The lowest BCUT2D eigenvalue weighted by molar-refractivity contribution is -0.0813. The molecule has 2 aromatic heterocycles. The summed E-state index contributed by atoms with van der Waals surface area (Å²) < 4.78 is 22.8. The van der Waals surface area contributed by atoms with Gasteiger partial charge in [0.25, 0.3) is 0 Å². The molecule has 0 unspecified atom stereocenters. The lowest BCUT2D eigenvalue weighted by Gasteiger charge is -2.27. The molecule has 5 rings (SSSR count). The zero-order chi connectivity index (χ0) is 20.8. The summed E-state index contributed by atoms with van der Waals surface area (Å²) in [4.78, 5) is 25.2. The number of rotatable bonds is 3. The van der Waals surface area contributed by atoms with Crippen molar-refractivity contribution in [3.05, 3.63) is 86.6 Å². The molecule has 1 aliphatic heterocycles. The third-order valence-electron chi connectivity index (χ3n) is 5.10. The maximum absolute atomic E-state index is 13.0. The fraction of sp³-hybridized carbons (Fsp3) is 0.167. The Morgan fingerprint density at radius 3 is 2.60 bits per heavy atom. The molecular formula is C24H18O6. The first-order chi connectivity index (χ1) is 14.5. The molecule has 0 aliphatic carbocycles. The second-order valence-electron chi connectivity index (χ2n) is 7.11. The predicted molar refractivity (Wildman–Crippen MR) is 112 cm³/mol. The zero-order valence-corrected chi connectivity index (χ0v) is 16.4. The van der Waals surface area contributed by atoms with E-state index in [1.54, 1.807) is 18.2 Å². The molecule has 6 nitrogen and oxygen atoms in total. The Morgan fingerprint density at radius 1 is 0.933 bits per heavy atom. The third kappa shape index (κ3) is 2.93. The van der Waals surface area contributed by atoms with Crippen molar-refractivity contribution < 1.29 is 18.3 Å². The van der Waals surface area contributed by atoms with Crippen molar-refractivity contribution in [3.63, 3.8) is 0 Å². The van der Waals surface area contributed by atoms with E-state index in [0.29, 0.717) is 45.8 Å². The highest BCUT2D eigenvalue weighted by atomic mass is 16.7. The predicted octanol–water partition coefficient (Wildman–Crippen LogP) is 4.82.